The normalized spacial score (nSPS) is 12.9. The summed E-state index contributed by atoms with van der Waals surface area (Å²) in [6, 6.07) is -0.0749. The summed E-state index contributed by atoms with van der Waals surface area (Å²) in [4.78, 5) is 13.3. The summed E-state index contributed by atoms with van der Waals surface area (Å²) in [5.74, 6) is 0.0506. The number of carbonyl (C=O) groups excluding carboxylic acids is 1. The van der Waals surface area contributed by atoms with Crippen molar-refractivity contribution >= 4 is 5.91 Å². The maximum Gasteiger partial charge on any atom is 0.236 e. The molecule has 0 aliphatic rings. The number of hydrogen-bond acceptors (Lipinski definition) is 3. The van der Waals surface area contributed by atoms with Gasteiger partial charge in [-0.2, -0.15) is 0 Å². The van der Waals surface area contributed by atoms with Crippen LogP contribution in [0.4, 0.5) is 0 Å². The SMILES string of the molecule is CNC(=O)C(C)N(C)CCCCCO. The molecule has 0 aromatic heterocycles. The Kier molecular flexibility index (Phi) is 7.42. The Labute approximate surface area is 86.3 Å². The number of nitrogens with one attached hydrogen (secondary N) is 1. The van der Waals surface area contributed by atoms with Crippen LogP contribution < -0.4 is 5.32 Å². The summed E-state index contributed by atoms with van der Waals surface area (Å²) in [5.41, 5.74) is 0. The molecule has 1 amide bonds. The molecule has 1 unspecified atom stereocenters. The third-order valence-corrected chi connectivity index (χ3v) is 2.46. The minimum absolute atomic E-state index is 0.0506. The number of rotatable bonds is 7. The van der Waals surface area contributed by atoms with Crippen LogP contribution in [0, 0.1) is 0 Å². The first kappa shape index (κ1) is 13.4. The van der Waals surface area contributed by atoms with E-state index in [0.29, 0.717) is 0 Å². The topological polar surface area (TPSA) is 52.6 Å². The first-order valence-corrected chi connectivity index (χ1v) is 5.16. The third kappa shape index (κ3) is 5.19. The van der Waals surface area contributed by atoms with Crippen molar-refractivity contribution in [3.8, 4) is 0 Å². The van der Waals surface area contributed by atoms with E-state index >= 15 is 0 Å². The van der Waals surface area contributed by atoms with Gasteiger partial charge < -0.3 is 10.4 Å². The molecule has 0 aromatic rings. The predicted octanol–water partition coefficient (Wildman–Crippen LogP) is 0.215. The molecule has 0 rings (SSSR count). The lowest BCUT2D eigenvalue weighted by Gasteiger charge is -2.22. The summed E-state index contributed by atoms with van der Waals surface area (Å²) >= 11 is 0. The highest BCUT2D eigenvalue weighted by molar-refractivity contribution is 5.80. The monoisotopic (exact) mass is 202 g/mol. The van der Waals surface area contributed by atoms with E-state index in [1.807, 2.05) is 18.9 Å². The van der Waals surface area contributed by atoms with Crippen molar-refractivity contribution in [1.29, 1.82) is 0 Å². The van der Waals surface area contributed by atoms with Gasteiger partial charge in [0.05, 0.1) is 6.04 Å². The van der Waals surface area contributed by atoms with Gasteiger partial charge in [-0.05, 0) is 39.8 Å². The van der Waals surface area contributed by atoms with Gasteiger partial charge in [0.2, 0.25) is 5.91 Å². The fourth-order valence-corrected chi connectivity index (χ4v) is 1.25. The average molecular weight is 202 g/mol. The molecule has 0 aliphatic heterocycles. The van der Waals surface area contributed by atoms with E-state index in [-0.39, 0.29) is 18.6 Å². The lowest BCUT2D eigenvalue weighted by Crippen LogP contribution is -2.42. The van der Waals surface area contributed by atoms with E-state index in [1.54, 1.807) is 7.05 Å². The number of hydrogen-bond donors (Lipinski definition) is 2. The van der Waals surface area contributed by atoms with Gasteiger partial charge in [-0.15, -0.1) is 0 Å². The van der Waals surface area contributed by atoms with E-state index in [2.05, 4.69) is 5.32 Å². The minimum atomic E-state index is -0.0749. The first-order valence-electron chi connectivity index (χ1n) is 5.16. The van der Waals surface area contributed by atoms with Crippen LogP contribution in [0.3, 0.4) is 0 Å². The van der Waals surface area contributed by atoms with Crippen LogP contribution in [0.2, 0.25) is 0 Å². The molecular formula is C10H22N2O2. The van der Waals surface area contributed by atoms with Gasteiger partial charge in [0.15, 0.2) is 0 Å². The van der Waals surface area contributed by atoms with Crippen LogP contribution in [0.25, 0.3) is 0 Å². The molecule has 4 heteroatoms. The van der Waals surface area contributed by atoms with E-state index in [0.717, 1.165) is 25.8 Å². The second-order valence-corrected chi connectivity index (χ2v) is 3.56. The number of aliphatic hydroxyl groups excluding tert-OH is 1. The van der Waals surface area contributed by atoms with Crippen LogP contribution >= 0.6 is 0 Å². The second-order valence-electron chi connectivity index (χ2n) is 3.56. The lowest BCUT2D eigenvalue weighted by molar-refractivity contribution is -0.124. The van der Waals surface area contributed by atoms with E-state index in [4.69, 9.17) is 5.11 Å². The highest BCUT2D eigenvalue weighted by atomic mass is 16.2. The van der Waals surface area contributed by atoms with Gasteiger partial charge in [-0.3, -0.25) is 9.69 Å². The number of unbranched alkanes of at least 4 members (excludes halogenated alkanes) is 2. The maximum absolute atomic E-state index is 11.2. The molecule has 84 valence electrons. The molecule has 0 spiro atoms. The zero-order valence-electron chi connectivity index (χ0n) is 9.42. The van der Waals surface area contributed by atoms with Gasteiger partial charge in [-0.1, -0.05) is 0 Å². The van der Waals surface area contributed by atoms with Gasteiger partial charge >= 0.3 is 0 Å². The number of carbonyl (C=O) groups is 1. The van der Waals surface area contributed by atoms with Gasteiger partial charge in [0, 0.05) is 13.7 Å². The lowest BCUT2D eigenvalue weighted by atomic mass is 10.2. The number of aliphatic hydroxyl groups is 1. The fourth-order valence-electron chi connectivity index (χ4n) is 1.25. The Morgan fingerprint density at radius 2 is 2.07 bits per heavy atom. The van der Waals surface area contributed by atoms with Crippen molar-refractivity contribution < 1.29 is 9.90 Å². The summed E-state index contributed by atoms with van der Waals surface area (Å²) in [5, 5.41) is 11.2. The van der Waals surface area contributed by atoms with Crippen molar-refractivity contribution in [2.75, 3.05) is 27.2 Å². The highest BCUT2D eigenvalue weighted by Crippen LogP contribution is 2.00. The van der Waals surface area contributed by atoms with Crippen molar-refractivity contribution in [1.82, 2.24) is 10.2 Å². The van der Waals surface area contributed by atoms with Gasteiger partial charge in [-0.25, -0.2) is 0 Å². The molecule has 0 bridgehead atoms. The molecule has 4 nitrogen and oxygen atoms in total. The number of nitrogens with zero attached hydrogens (tertiary/aromatic N) is 1. The zero-order valence-corrected chi connectivity index (χ0v) is 9.42. The molecule has 1 atom stereocenters. The Morgan fingerprint density at radius 3 is 2.57 bits per heavy atom. The molecule has 0 aromatic carbocycles. The van der Waals surface area contributed by atoms with Crippen molar-refractivity contribution in [3.05, 3.63) is 0 Å². The van der Waals surface area contributed by atoms with E-state index in [1.165, 1.54) is 0 Å². The molecule has 0 fully saturated rings. The van der Waals surface area contributed by atoms with Gasteiger partial charge in [0.25, 0.3) is 0 Å². The number of likely N-dealkylation sites (N-methyl/N-ethyl adjacent to an activating group) is 2. The fraction of sp³-hybridized carbons (Fsp3) is 0.900. The van der Waals surface area contributed by atoms with Crippen molar-refractivity contribution in [2.24, 2.45) is 0 Å². The smallest absolute Gasteiger partial charge is 0.236 e. The molecule has 0 radical (unpaired) electrons. The maximum atomic E-state index is 11.2. The van der Waals surface area contributed by atoms with Crippen LogP contribution in [0.5, 0.6) is 0 Å². The van der Waals surface area contributed by atoms with Gasteiger partial charge in [0.1, 0.15) is 0 Å². The zero-order chi connectivity index (χ0) is 11.0. The summed E-state index contributed by atoms with van der Waals surface area (Å²) in [6.07, 6.45) is 2.89. The predicted molar refractivity (Wildman–Crippen MR) is 57.1 cm³/mol. The molecular weight excluding hydrogens is 180 g/mol. The summed E-state index contributed by atoms with van der Waals surface area (Å²) in [6.45, 7) is 3.05. The standard InChI is InChI=1S/C10H22N2O2/c1-9(10(14)11-2)12(3)7-5-4-6-8-13/h9,13H,4-8H2,1-3H3,(H,11,14). The Morgan fingerprint density at radius 1 is 1.43 bits per heavy atom. The van der Waals surface area contributed by atoms with Crippen LogP contribution in [-0.4, -0.2) is 49.2 Å². The Hall–Kier alpha value is -0.610. The molecule has 0 heterocycles. The highest BCUT2D eigenvalue weighted by Gasteiger charge is 2.15. The van der Waals surface area contributed by atoms with Crippen molar-refractivity contribution in [3.63, 3.8) is 0 Å². The minimum Gasteiger partial charge on any atom is -0.396 e. The first-order chi connectivity index (χ1) is 6.63. The van der Waals surface area contributed by atoms with Crippen molar-refractivity contribution in [2.45, 2.75) is 32.2 Å². The van der Waals surface area contributed by atoms with Crippen LogP contribution in [-0.2, 0) is 4.79 Å². The van der Waals surface area contributed by atoms with Crippen LogP contribution in [0.15, 0.2) is 0 Å². The van der Waals surface area contributed by atoms with E-state index in [9.17, 15) is 4.79 Å². The summed E-state index contributed by atoms with van der Waals surface area (Å²) < 4.78 is 0. The number of amides is 1. The van der Waals surface area contributed by atoms with Crippen LogP contribution in [0.1, 0.15) is 26.2 Å². The average Bonchev–Trinajstić information content (AvgIpc) is 2.21. The quantitative estimate of drug-likeness (QED) is 0.580. The van der Waals surface area contributed by atoms with E-state index < -0.39 is 0 Å². The Balaban J connectivity index is 3.61. The molecule has 2 N–H and O–H groups in total. The molecule has 0 saturated heterocycles. The molecule has 14 heavy (non-hydrogen) atoms. The third-order valence-electron chi connectivity index (χ3n) is 2.46. The second kappa shape index (κ2) is 7.76. The molecule has 0 aliphatic carbocycles. The Bertz CT molecular complexity index is 162. The summed E-state index contributed by atoms with van der Waals surface area (Å²) in [7, 11) is 3.59. The largest absolute Gasteiger partial charge is 0.396 e. The molecule has 0 saturated carbocycles.